The number of rotatable bonds is 5. The molecule has 0 atom stereocenters. The smallest absolute Gasteiger partial charge is 0.280 e. The third kappa shape index (κ3) is 4.31. The minimum absolute atomic E-state index is 0.203. The molecule has 128 valence electrons. The predicted octanol–water partition coefficient (Wildman–Crippen LogP) is 1.03. The molecule has 3 N–H and O–H groups in total. The van der Waals surface area contributed by atoms with E-state index in [9.17, 15) is 13.2 Å². The molecule has 0 spiro atoms. The molecule has 0 aromatic heterocycles. The Morgan fingerprint density at radius 1 is 1.17 bits per heavy atom. The molecule has 0 radical (unpaired) electrons. The number of anilines is 1. The molecular weight excluding hydrogens is 330 g/mol. The summed E-state index contributed by atoms with van der Waals surface area (Å²) in [6.45, 7) is 1.08. The molecule has 0 bridgehead atoms. The lowest BCUT2D eigenvalue weighted by Gasteiger charge is -2.20. The molecule has 1 aliphatic rings. The zero-order chi connectivity index (χ0) is 17.6. The first-order chi connectivity index (χ1) is 11.4. The molecule has 0 unspecified atom stereocenters. The zero-order valence-corrected chi connectivity index (χ0v) is 13.9. The third-order valence-electron chi connectivity index (χ3n) is 3.69. The number of benzene rings is 1. The number of primary amides is 1. The van der Waals surface area contributed by atoms with Crippen LogP contribution in [0.1, 0.15) is 25.7 Å². The van der Waals surface area contributed by atoms with Crippen molar-refractivity contribution >= 4 is 27.3 Å². The fourth-order valence-corrected chi connectivity index (χ4v) is 3.91. The van der Waals surface area contributed by atoms with Crippen LogP contribution in [0.5, 0.6) is 0 Å². The first kappa shape index (κ1) is 17.9. The van der Waals surface area contributed by atoms with Gasteiger partial charge in [-0.3, -0.25) is 10.2 Å². The van der Waals surface area contributed by atoms with Crippen LogP contribution in [0.25, 0.3) is 0 Å². The van der Waals surface area contributed by atoms with Crippen LogP contribution in [0.3, 0.4) is 0 Å². The van der Waals surface area contributed by atoms with Gasteiger partial charge >= 0.3 is 0 Å². The van der Waals surface area contributed by atoms with Gasteiger partial charge in [0.1, 0.15) is 6.07 Å². The van der Waals surface area contributed by atoms with Crippen LogP contribution in [0, 0.1) is 11.3 Å². The number of nitrogens with zero attached hydrogens (tertiary/aromatic N) is 3. The van der Waals surface area contributed by atoms with E-state index in [2.05, 4.69) is 10.5 Å². The normalized spacial score (nSPS) is 16.9. The summed E-state index contributed by atoms with van der Waals surface area (Å²) in [7, 11) is -3.51. The van der Waals surface area contributed by atoms with Gasteiger partial charge in [0.2, 0.25) is 15.7 Å². The van der Waals surface area contributed by atoms with Crippen molar-refractivity contribution in [1.29, 1.82) is 5.26 Å². The average Bonchev–Trinajstić information content (AvgIpc) is 2.85. The second-order valence-electron chi connectivity index (χ2n) is 5.39. The summed E-state index contributed by atoms with van der Waals surface area (Å²) in [5, 5.41) is 12.3. The number of hydrazone groups is 1. The SMILES string of the molecule is N#C/C(=N\Nc1ccc(S(=O)(=O)N2CCCCCC2)cc1)C(N)=O. The lowest BCUT2D eigenvalue weighted by molar-refractivity contribution is -0.111. The molecular formula is C15H19N5O3S. The van der Waals surface area contributed by atoms with Crippen molar-refractivity contribution in [2.75, 3.05) is 18.5 Å². The minimum atomic E-state index is -3.51. The summed E-state index contributed by atoms with van der Waals surface area (Å²) >= 11 is 0. The molecule has 1 aliphatic heterocycles. The quantitative estimate of drug-likeness (QED) is 0.606. The van der Waals surface area contributed by atoms with Crippen molar-refractivity contribution in [2.45, 2.75) is 30.6 Å². The monoisotopic (exact) mass is 349 g/mol. The molecule has 24 heavy (non-hydrogen) atoms. The van der Waals surface area contributed by atoms with Gasteiger partial charge in [-0.15, -0.1) is 0 Å². The maximum absolute atomic E-state index is 12.6. The molecule has 9 heteroatoms. The third-order valence-corrected chi connectivity index (χ3v) is 5.61. The van der Waals surface area contributed by atoms with Crippen molar-refractivity contribution in [3.63, 3.8) is 0 Å². The van der Waals surface area contributed by atoms with Gasteiger partial charge < -0.3 is 5.73 Å². The Bertz CT molecular complexity index is 757. The van der Waals surface area contributed by atoms with Gasteiger partial charge in [0.05, 0.1) is 10.6 Å². The average molecular weight is 349 g/mol. The highest BCUT2D eigenvalue weighted by Gasteiger charge is 2.24. The predicted molar refractivity (Wildman–Crippen MR) is 89.5 cm³/mol. The summed E-state index contributed by atoms with van der Waals surface area (Å²) in [5.74, 6) is -0.939. The molecule has 1 aromatic rings. The maximum Gasteiger partial charge on any atom is 0.280 e. The van der Waals surface area contributed by atoms with Crippen LogP contribution >= 0.6 is 0 Å². The zero-order valence-electron chi connectivity index (χ0n) is 13.1. The van der Waals surface area contributed by atoms with Gasteiger partial charge in [-0.2, -0.15) is 14.7 Å². The van der Waals surface area contributed by atoms with E-state index in [0.717, 1.165) is 25.7 Å². The molecule has 2 rings (SSSR count). The number of carbonyl (C=O) groups excluding carboxylic acids is 1. The van der Waals surface area contributed by atoms with Crippen molar-refractivity contribution in [3.05, 3.63) is 24.3 Å². The number of nitriles is 1. The van der Waals surface area contributed by atoms with Crippen molar-refractivity contribution in [2.24, 2.45) is 10.8 Å². The fourth-order valence-electron chi connectivity index (χ4n) is 2.39. The molecule has 0 saturated carbocycles. The lowest BCUT2D eigenvalue weighted by Crippen LogP contribution is -2.31. The first-order valence-corrected chi connectivity index (χ1v) is 9.03. The lowest BCUT2D eigenvalue weighted by atomic mass is 10.2. The topological polar surface area (TPSA) is 129 Å². The molecule has 1 saturated heterocycles. The molecule has 1 aromatic carbocycles. The Labute approximate surface area is 141 Å². The molecule has 1 amide bonds. The Kier molecular flexibility index (Phi) is 5.89. The molecule has 1 heterocycles. The second kappa shape index (κ2) is 7.90. The van der Waals surface area contributed by atoms with E-state index in [1.807, 2.05) is 0 Å². The van der Waals surface area contributed by atoms with E-state index in [1.54, 1.807) is 6.07 Å². The maximum atomic E-state index is 12.6. The van der Waals surface area contributed by atoms with Gasteiger partial charge in [-0.25, -0.2) is 8.42 Å². The van der Waals surface area contributed by atoms with E-state index in [-0.39, 0.29) is 4.90 Å². The summed E-state index contributed by atoms with van der Waals surface area (Å²) in [5.41, 5.74) is 7.45. The van der Waals surface area contributed by atoms with Crippen LogP contribution in [0.2, 0.25) is 0 Å². The van der Waals surface area contributed by atoms with Crippen molar-refractivity contribution in [1.82, 2.24) is 4.31 Å². The van der Waals surface area contributed by atoms with E-state index < -0.39 is 21.6 Å². The van der Waals surface area contributed by atoms with Gasteiger partial charge in [0, 0.05) is 13.1 Å². The van der Waals surface area contributed by atoms with Crippen LogP contribution in [-0.4, -0.2) is 37.4 Å². The number of sulfonamides is 1. The van der Waals surface area contributed by atoms with E-state index in [0.29, 0.717) is 18.8 Å². The van der Waals surface area contributed by atoms with Gasteiger partial charge in [0.15, 0.2) is 0 Å². The number of nitrogens with two attached hydrogens (primary N) is 1. The van der Waals surface area contributed by atoms with E-state index in [1.165, 1.54) is 28.6 Å². The summed E-state index contributed by atoms with van der Waals surface area (Å²) in [4.78, 5) is 11.1. The van der Waals surface area contributed by atoms with Crippen LogP contribution < -0.4 is 11.2 Å². The highest BCUT2D eigenvalue weighted by molar-refractivity contribution is 7.89. The summed E-state index contributed by atoms with van der Waals surface area (Å²) < 4.78 is 26.8. The van der Waals surface area contributed by atoms with Crippen molar-refractivity contribution in [3.8, 4) is 6.07 Å². The first-order valence-electron chi connectivity index (χ1n) is 7.59. The molecule has 0 aliphatic carbocycles. The molecule has 8 nitrogen and oxygen atoms in total. The standard InChI is InChI=1S/C15H19N5O3S/c16-11-14(15(17)21)19-18-12-5-7-13(8-6-12)24(22,23)20-9-3-1-2-4-10-20/h5-8,18H,1-4,9-10H2,(H2,17,21)/b19-14+. The van der Waals surface area contributed by atoms with Crippen LogP contribution in [0.15, 0.2) is 34.3 Å². The van der Waals surface area contributed by atoms with Gasteiger partial charge in [-0.1, -0.05) is 12.8 Å². The Morgan fingerprint density at radius 2 is 1.75 bits per heavy atom. The fraction of sp³-hybridized carbons (Fsp3) is 0.400. The highest BCUT2D eigenvalue weighted by atomic mass is 32.2. The summed E-state index contributed by atoms with van der Waals surface area (Å²) in [6.07, 6.45) is 3.84. The second-order valence-corrected chi connectivity index (χ2v) is 7.33. The van der Waals surface area contributed by atoms with E-state index in [4.69, 9.17) is 11.0 Å². The summed E-state index contributed by atoms with van der Waals surface area (Å²) in [6, 6.07) is 7.54. The van der Waals surface area contributed by atoms with Gasteiger partial charge in [0.25, 0.3) is 5.91 Å². The Hall–Kier alpha value is -2.44. The number of carbonyl (C=O) groups is 1. The van der Waals surface area contributed by atoms with Crippen molar-refractivity contribution < 1.29 is 13.2 Å². The number of hydrogen-bond donors (Lipinski definition) is 2. The minimum Gasteiger partial charge on any atom is -0.364 e. The Morgan fingerprint density at radius 3 is 2.25 bits per heavy atom. The highest BCUT2D eigenvalue weighted by Crippen LogP contribution is 2.21. The number of amides is 1. The number of hydrogen-bond acceptors (Lipinski definition) is 6. The van der Waals surface area contributed by atoms with Gasteiger partial charge in [-0.05, 0) is 37.1 Å². The van der Waals surface area contributed by atoms with E-state index >= 15 is 0 Å². The van der Waals surface area contributed by atoms with Crippen LogP contribution in [0.4, 0.5) is 5.69 Å². The van der Waals surface area contributed by atoms with Crippen LogP contribution in [-0.2, 0) is 14.8 Å². The Balaban J connectivity index is 2.13. The molecule has 1 fully saturated rings. The number of nitrogens with one attached hydrogen (secondary N) is 1. The largest absolute Gasteiger partial charge is 0.364 e.